The predicted molar refractivity (Wildman–Crippen MR) is 138 cm³/mol. The number of nitrogens with zero attached hydrogens (tertiary/aromatic N) is 2. The standard InChI is InChI=1S/C29H25N3O5/c1-35-22-11-7-10-20(16-22)18-12-14-21(15-13-18)32-26(29(34)37-3)25(28(33)36-2)24(23(17-30)27(32)31)19-8-5-4-6-9-19/h4-16,24H,31H2,1-3H3. The molecule has 0 aliphatic carbocycles. The molecule has 0 fully saturated rings. The largest absolute Gasteiger partial charge is 0.497 e. The van der Waals surface area contributed by atoms with Crippen LogP contribution in [0.1, 0.15) is 11.5 Å². The summed E-state index contributed by atoms with van der Waals surface area (Å²) in [4.78, 5) is 27.6. The summed E-state index contributed by atoms with van der Waals surface area (Å²) in [7, 11) is 4.03. The van der Waals surface area contributed by atoms with Gasteiger partial charge in [-0.25, -0.2) is 9.59 Å². The molecule has 0 radical (unpaired) electrons. The zero-order valence-electron chi connectivity index (χ0n) is 20.6. The fourth-order valence-electron chi connectivity index (χ4n) is 4.39. The first-order valence-corrected chi connectivity index (χ1v) is 11.3. The van der Waals surface area contributed by atoms with E-state index in [-0.39, 0.29) is 22.7 Å². The first-order chi connectivity index (χ1) is 17.9. The molecule has 3 aromatic rings. The summed E-state index contributed by atoms with van der Waals surface area (Å²) in [6, 6.07) is 25.8. The summed E-state index contributed by atoms with van der Waals surface area (Å²) in [6.07, 6.45) is 0. The Bertz CT molecular complexity index is 1440. The third kappa shape index (κ3) is 4.62. The summed E-state index contributed by atoms with van der Waals surface area (Å²) in [5, 5.41) is 10.1. The molecule has 8 heteroatoms. The highest BCUT2D eigenvalue weighted by Gasteiger charge is 2.42. The van der Waals surface area contributed by atoms with Gasteiger partial charge in [0.15, 0.2) is 0 Å². The van der Waals surface area contributed by atoms with Gasteiger partial charge in [-0.15, -0.1) is 0 Å². The fraction of sp³-hybridized carbons (Fsp3) is 0.138. The second-order valence-corrected chi connectivity index (χ2v) is 8.11. The topological polar surface area (TPSA) is 115 Å². The van der Waals surface area contributed by atoms with Gasteiger partial charge in [0.2, 0.25) is 0 Å². The molecule has 1 heterocycles. The number of methoxy groups -OCH3 is 3. The molecule has 1 aliphatic heterocycles. The molecule has 4 rings (SSSR count). The van der Waals surface area contributed by atoms with Crippen molar-refractivity contribution in [3.8, 4) is 22.9 Å². The molecule has 0 saturated carbocycles. The van der Waals surface area contributed by atoms with Crippen molar-refractivity contribution in [3.05, 3.63) is 107 Å². The van der Waals surface area contributed by atoms with Crippen LogP contribution >= 0.6 is 0 Å². The molecule has 1 aliphatic rings. The van der Waals surface area contributed by atoms with E-state index in [0.717, 1.165) is 11.1 Å². The van der Waals surface area contributed by atoms with Crippen LogP contribution in [0.3, 0.4) is 0 Å². The van der Waals surface area contributed by atoms with Gasteiger partial charge in [-0.05, 0) is 41.0 Å². The van der Waals surface area contributed by atoms with E-state index in [4.69, 9.17) is 19.9 Å². The second kappa shape index (κ2) is 10.7. The van der Waals surface area contributed by atoms with Gasteiger partial charge >= 0.3 is 11.9 Å². The van der Waals surface area contributed by atoms with E-state index in [2.05, 4.69) is 6.07 Å². The average Bonchev–Trinajstić information content (AvgIpc) is 2.96. The molecule has 186 valence electrons. The lowest BCUT2D eigenvalue weighted by atomic mass is 9.81. The van der Waals surface area contributed by atoms with Crippen LogP contribution in [-0.4, -0.2) is 33.3 Å². The van der Waals surface area contributed by atoms with E-state index in [1.165, 1.54) is 19.1 Å². The molecule has 0 bridgehead atoms. The van der Waals surface area contributed by atoms with E-state index in [1.54, 1.807) is 43.5 Å². The van der Waals surface area contributed by atoms with Crippen LogP contribution in [-0.2, 0) is 19.1 Å². The monoisotopic (exact) mass is 495 g/mol. The first-order valence-electron chi connectivity index (χ1n) is 11.3. The maximum atomic E-state index is 13.2. The Labute approximate surface area is 214 Å². The van der Waals surface area contributed by atoms with Crippen LogP contribution < -0.4 is 15.4 Å². The molecule has 1 atom stereocenters. The number of benzene rings is 3. The molecule has 0 spiro atoms. The Hall–Kier alpha value is -5.03. The quantitative estimate of drug-likeness (QED) is 0.505. The van der Waals surface area contributed by atoms with Crippen molar-refractivity contribution in [2.45, 2.75) is 5.92 Å². The van der Waals surface area contributed by atoms with E-state index in [0.29, 0.717) is 17.0 Å². The smallest absolute Gasteiger partial charge is 0.355 e. The van der Waals surface area contributed by atoms with Gasteiger partial charge in [-0.3, -0.25) is 4.90 Å². The summed E-state index contributed by atoms with van der Waals surface area (Å²) < 4.78 is 15.4. The van der Waals surface area contributed by atoms with Crippen molar-refractivity contribution >= 4 is 17.6 Å². The van der Waals surface area contributed by atoms with Crippen LogP contribution in [0.15, 0.2) is 102 Å². The zero-order chi connectivity index (χ0) is 26.5. The number of hydrogen-bond acceptors (Lipinski definition) is 8. The highest BCUT2D eigenvalue weighted by atomic mass is 16.5. The number of esters is 2. The maximum Gasteiger partial charge on any atom is 0.355 e. The minimum Gasteiger partial charge on any atom is -0.497 e. The lowest BCUT2D eigenvalue weighted by molar-refractivity contribution is -0.139. The van der Waals surface area contributed by atoms with Crippen molar-refractivity contribution in [3.63, 3.8) is 0 Å². The van der Waals surface area contributed by atoms with Crippen molar-refractivity contribution in [2.24, 2.45) is 5.73 Å². The number of ether oxygens (including phenoxy) is 3. The molecule has 0 aromatic heterocycles. The van der Waals surface area contributed by atoms with Crippen LogP contribution in [0.5, 0.6) is 5.75 Å². The van der Waals surface area contributed by atoms with Crippen molar-refractivity contribution in [1.29, 1.82) is 5.26 Å². The van der Waals surface area contributed by atoms with E-state index in [9.17, 15) is 14.9 Å². The van der Waals surface area contributed by atoms with Gasteiger partial charge < -0.3 is 19.9 Å². The molecule has 1 unspecified atom stereocenters. The molecule has 37 heavy (non-hydrogen) atoms. The number of nitriles is 1. The van der Waals surface area contributed by atoms with Crippen LogP contribution in [0.25, 0.3) is 11.1 Å². The normalized spacial score (nSPS) is 15.2. The average molecular weight is 496 g/mol. The van der Waals surface area contributed by atoms with Gasteiger partial charge in [0, 0.05) is 5.69 Å². The lowest BCUT2D eigenvalue weighted by Crippen LogP contribution is -2.40. The molecule has 0 amide bonds. The number of rotatable bonds is 6. The Balaban J connectivity index is 1.92. The number of hydrogen-bond donors (Lipinski definition) is 1. The molecule has 2 N–H and O–H groups in total. The van der Waals surface area contributed by atoms with Gasteiger partial charge in [-0.1, -0.05) is 54.6 Å². The van der Waals surface area contributed by atoms with Gasteiger partial charge in [0.1, 0.15) is 17.3 Å². The Morgan fingerprint density at radius 1 is 0.865 bits per heavy atom. The van der Waals surface area contributed by atoms with Crippen LogP contribution in [0, 0.1) is 11.3 Å². The number of allylic oxidation sites excluding steroid dienone is 1. The third-order valence-electron chi connectivity index (χ3n) is 6.14. The number of carbonyl (C=O) groups is 2. The number of nitrogens with two attached hydrogens (primary N) is 1. The molecule has 8 nitrogen and oxygen atoms in total. The molecular formula is C29H25N3O5. The summed E-state index contributed by atoms with van der Waals surface area (Å²) >= 11 is 0. The Morgan fingerprint density at radius 2 is 1.54 bits per heavy atom. The molecule has 0 saturated heterocycles. The highest BCUT2D eigenvalue weighted by molar-refractivity contribution is 6.06. The van der Waals surface area contributed by atoms with E-state index < -0.39 is 17.9 Å². The zero-order valence-corrected chi connectivity index (χ0v) is 20.6. The Morgan fingerprint density at radius 3 is 2.14 bits per heavy atom. The van der Waals surface area contributed by atoms with Crippen LogP contribution in [0.4, 0.5) is 5.69 Å². The van der Waals surface area contributed by atoms with Crippen LogP contribution in [0.2, 0.25) is 0 Å². The summed E-state index contributed by atoms with van der Waals surface area (Å²) in [6.45, 7) is 0. The predicted octanol–water partition coefficient (Wildman–Crippen LogP) is 4.26. The van der Waals surface area contributed by atoms with Crippen molar-refractivity contribution in [2.75, 3.05) is 26.2 Å². The number of anilines is 1. The highest BCUT2D eigenvalue weighted by Crippen LogP contribution is 2.43. The van der Waals surface area contributed by atoms with Gasteiger partial charge in [0.05, 0.1) is 44.5 Å². The van der Waals surface area contributed by atoms with Gasteiger partial charge in [0.25, 0.3) is 0 Å². The summed E-state index contributed by atoms with van der Waals surface area (Å²) in [5.74, 6) is -1.75. The molecule has 3 aromatic carbocycles. The minimum absolute atomic E-state index is 0.0125. The van der Waals surface area contributed by atoms with Crippen molar-refractivity contribution in [1.82, 2.24) is 0 Å². The Kier molecular flexibility index (Phi) is 7.26. The van der Waals surface area contributed by atoms with Gasteiger partial charge in [-0.2, -0.15) is 5.26 Å². The van der Waals surface area contributed by atoms with E-state index in [1.807, 2.05) is 42.5 Å². The lowest BCUT2D eigenvalue weighted by Gasteiger charge is -2.36. The maximum absolute atomic E-state index is 13.2. The molecular weight excluding hydrogens is 470 g/mol. The first kappa shape index (κ1) is 25.1. The third-order valence-corrected chi connectivity index (χ3v) is 6.14. The van der Waals surface area contributed by atoms with E-state index >= 15 is 0 Å². The second-order valence-electron chi connectivity index (χ2n) is 8.11. The SMILES string of the molecule is COC(=O)C1=C(C(=O)OC)N(c2ccc(-c3cccc(OC)c3)cc2)C(N)=C(C#N)C1c1ccccc1. The minimum atomic E-state index is -0.917. The summed E-state index contributed by atoms with van der Waals surface area (Å²) in [5.41, 5.74) is 9.38. The van der Waals surface area contributed by atoms with Crippen molar-refractivity contribution < 1.29 is 23.8 Å². The number of carbonyl (C=O) groups excluding carboxylic acids is 2. The fourth-order valence-corrected chi connectivity index (χ4v) is 4.39.